The third-order valence-electron chi connectivity index (χ3n) is 7.18. The van der Waals surface area contributed by atoms with E-state index in [9.17, 15) is 0 Å². The number of hydrogen-bond acceptors (Lipinski definition) is 6. The standard InChI is InChI=1S/C34H34O6/c1-5-13-25(14-6-1)21-35-31-30-29(24-38-33(40-30)28-19-11-4-12-20-28)39-34(37-23-27-17-9-3-10-18-27)32(31)36-22-26-15-7-2-8-16-26/h1-20,29-34H,21-24H2/t29-,30-,31+,32-,33-,34-/m1/s1. The van der Waals surface area contributed by atoms with Crippen molar-refractivity contribution in [2.24, 2.45) is 0 Å². The van der Waals surface area contributed by atoms with E-state index in [0.29, 0.717) is 26.4 Å². The van der Waals surface area contributed by atoms with Gasteiger partial charge in [0.05, 0.1) is 26.4 Å². The smallest absolute Gasteiger partial charge is 0.187 e. The minimum absolute atomic E-state index is 0.353. The van der Waals surface area contributed by atoms with E-state index in [1.165, 1.54) is 0 Å². The largest absolute Gasteiger partial charge is 0.368 e. The summed E-state index contributed by atoms with van der Waals surface area (Å²) in [4.78, 5) is 0. The molecule has 6 heteroatoms. The molecule has 6 nitrogen and oxygen atoms in total. The highest BCUT2D eigenvalue weighted by molar-refractivity contribution is 5.18. The average Bonchev–Trinajstić information content (AvgIpc) is 3.03. The predicted octanol–water partition coefficient (Wildman–Crippen LogP) is 6.21. The van der Waals surface area contributed by atoms with E-state index in [-0.39, 0.29) is 6.10 Å². The van der Waals surface area contributed by atoms with E-state index in [0.717, 1.165) is 22.3 Å². The third kappa shape index (κ3) is 6.67. The first-order valence-corrected chi connectivity index (χ1v) is 13.8. The van der Waals surface area contributed by atoms with Crippen LogP contribution in [0.1, 0.15) is 28.5 Å². The fourth-order valence-corrected chi connectivity index (χ4v) is 5.11. The zero-order chi connectivity index (χ0) is 27.0. The molecule has 2 aliphatic heterocycles. The molecule has 0 bridgehead atoms. The van der Waals surface area contributed by atoms with Crippen LogP contribution < -0.4 is 0 Å². The van der Waals surface area contributed by atoms with Crippen LogP contribution in [-0.4, -0.2) is 37.3 Å². The van der Waals surface area contributed by atoms with E-state index in [2.05, 4.69) is 12.1 Å². The molecule has 6 rings (SSSR count). The van der Waals surface area contributed by atoms with Gasteiger partial charge in [-0.3, -0.25) is 0 Å². The fourth-order valence-electron chi connectivity index (χ4n) is 5.11. The Labute approximate surface area is 235 Å². The second-order valence-electron chi connectivity index (χ2n) is 10.0. The molecule has 2 fully saturated rings. The number of rotatable bonds is 10. The number of fused-ring (bicyclic) bond motifs is 1. The van der Waals surface area contributed by atoms with Crippen molar-refractivity contribution in [1.82, 2.24) is 0 Å². The Kier molecular flexibility index (Phi) is 8.95. The van der Waals surface area contributed by atoms with Gasteiger partial charge in [-0.25, -0.2) is 0 Å². The molecule has 0 N–H and O–H groups in total. The zero-order valence-electron chi connectivity index (χ0n) is 22.3. The van der Waals surface area contributed by atoms with Crippen LogP contribution in [0.4, 0.5) is 0 Å². The van der Waals surface area contributed by atoms with Gasteiger partial charge < -0.3 is 28.4 Å². The van der Waals surface area contributed by atoms with Crippen LogP contribution in [-0.2, 0) is 48.2 Å². The molecule has 0 aromatic heterocycles. The molecule has 2 aliphatic rings. The lowest BCUT2D eigenvalue weighted by molar-refractivity contribution is -0.374. The Morgan fingerprint density at radius 2 is 1.00 bits per heavy atom. The molecule has 4 aromatic carbocycles. The van der Waals surface area contributed by atoms with Crippen LogP contribution in [0.5, 0.6) is 0 Å². The van der Waals surface area contributed by atoms with Gasteiger partial charge >= 0.3 is 0 Å². The molecule has 40 heavy (non-hydrogen) atoms. The summed E-state index contributed by atoms with van der Waals surface area (Å²) in [6.45, 7) is 1.53. The molecular formula is C34H34O6. The lowest BCUT2D eigenvalue weighted by atomic mass is 9.97. The van der Waals surface area contributed by atoms with Crippen molar-refractivity contribution in [3.63, 3.8) is 0 Å². The zero-order valence-corrected chi connectivity index (χ0v) is 22.3. The average molecular weight is 539 g/mol. The minimum Gasteiger partial charge on any atom is -0.368 e. The molecule has 0 radical (unpaired) electrons. The summed E-state index contributed by atoms with van der Waals surface area (Å²) in [5.41, 5.74) is 4.13. The van der Waals surface area contributed by atoms with Gasteiger partial charge in [-0.05, 0) is 16.7 Å². The number of hydrogen-bond donors (Lipinski definition) is 0. The second kappa shape index (κ2) is 13.3. The first kappa shape index (κ1) is 26.8. The van der Waals surface area contributed by atoms with Crippen molar-refractivity contribution in [1.29, 1.82) is 0 Å². The van der Waals surface area contributed by atoms with Crippen LogP contribution in [0, 0.1) is 0 Å². The van der Waals surface area contributed by atoms with Crippen molar-refractivity contribution >= 4 is 0 Å². The molecule has 2 heterocycles. The van der Waals surface area contributed by atoms with E-state index in [1.54, 1.807) is 0 Å². The highest BCUT2D eigenvalue weighted by Crippen LogP contribution is 2.37. The summed E-state index contributed by atoms with van der Waals surface area (Å²) in [5.74, 6) is 0. The molecule has 206 valence electrons. The highest BCUT2D eigenvalue weighted by Gasteiger charge is 2.51. The predicted molar refractivity (Wildman–Crippen MR) is 150 cm³/mol. The normalized spacial score (nSPS) is 26.2. The Balaban J connectivity index is 1.27. The molecule has 2 saturated heterocycles. The summed E-state index contributed by atoms with van der Waals surface area (Å²) < 4.78 is 38.8. The summed E-state index contributed by atoms with van der Waals surface area (Å²) in [7, 11) is 0. The number of ether oxygens (including phenoxy) is 6. The molecule has 0 aliphatic carbocycles. The van der Waals surface area contributed by atoms with Crippen molar-refractivity contribution in [3.05, 3.63) is 144 Å². The Morgan fingerprint density at radius 1 is 0.525 bits per heavy atom. The maximum Gasteiger partial charge on any atom is 0.187 e. The van der Waals surface area contributed by atoms with Gasteiger partial charge in [0.15, 0.2) is 12.6 Å². The summed E-state index contributed by atoms with van der Waals surface area (Å²) in [6, 6.07) is 40.2. The van der Waals surface area contributed by atoms with Crippen LogP contribution >= 0.6 is 0 Å². The molecule has 6 atom stereocenters. The Hall–Kier alpha value is -3.36. The summed E-state index contributed by atoms with van der Waals surface area (Å²) in [6.07, 6.45) is -2.99. The van der Waals surface area contributed by atoms with E-state index < -0.39 is 30.9 Å². The molecule has 0 unspecified atom stereocenters. The maximum absolute atomic E-state index is 6.64. The van der Waals surface area contributed by atoms with E-state index >= 15 is 0 Å². The van der Waals surface area contributed by atoms with E-state index in [1.807, 2.05) is 109 Å². The summed E-state index contributed by atoms with van der Waals surface area (Å²) >= 11 is 0. The van der Waals surface area contributed by atoms with Gasteiger partial charge in [0.25, 0.3) is 0 Å². The third-order valence-corrected chi connectivity index (χ3v) is 7.18. The van der Waals surface area contributed by atoms with Crippen LogP contribution in [0.15, 0.2) is 121 Å². The Morgan fingerprint density at radius 3 is 1.55 bits per heavy atom. The van der Waals surface area contributed by atoms with Crippen molar-refractivity contribution in [2.75, 3.05) is 6.61 Å². The van der Waals surface area contributed by atoms with Crippen LogP contribution in [0.2, 0.25) is 0 Å². The number of benzene rings is 4. The van der Waals surface area contributed by atoms with Gasteiger partial charge in [-0.15, -0.1) is 0 Å². The lowest BCUT2D eigenvalue weighted by Gasteiger charge is -2.49. The maximum atomic E-state index is 6.64. The van der Waals surface area contributed by atoms with E-state index in [4.69, 9.17) is 28.4 Å². The van der Waals surface area contributed by atoms with Crippen molar-refractivity contribution in [2.45, 2.75) is 56.8 Å². The van der Waals surface area contributed by atoms with Gasteiger partial charge in [-0.2, -0.15) is 0 Å². The topological polar surface area (TPSA) is 55.4 Å². The molecule has 0 amide bonds. The van der Waals surface area contributed by atoms with Crippen LogP contribution in [0.3, 0.4) is 0 Å². The molecular weight excluding hydrogens is 504 g/mol. The molecule has 0 spiro atoms. The molecule has 4 aromatic rings. The fraction of sp³-hybridized carbons (Fsp3) is 0.294. The lowest BCUT2D eigenvalue weighted by Crippen LogP contribution is -2.63. The second-order valence-corrected chi connectivity index (χ2v) is 10.0. The SMILES string of the molecule is c1ccc(CO[C@@H]2O[C@@H]3CO[C@@H](c4ccccc4)O[C@H]3[C@H](OCc3ccccc3)[C@H]2OCc2ccccc2)cc1. The van der Waals surface area contributed by atoms with Gasteiger partial charge in [0, 0.05) is 5.56 Å². The first-order valence-electron chi connectivity index (χ1n) is 13.8. The quantitative estimate of drug-likeness (QED) is 0.239. The van der Waals surface area contributed by atoms with Crippen molar-refractivity contribution < 1.29 is 28.4 Å². The Bertz CT molecular complexity index is 1290. The summed E-state index contributed by atoms with van der Waals surface area (Å²) in [5, 5.41) is 0. The minimum atomic E-state index is -0.675. The molecule has 0 saturated carbocycles. The van der Waals surface area contributed by atoms with Crippen molar-refractivity contribution in [3.8, 4) is 0 Å². The van der Waals surface area contributed by atoms with Gasteiger partial charge in [-0.1, -0.05) is 121 Å². The van der Waals surface area contributed by atoms with Crippen LogP contribution in [0.25, 0.3) is 0 Å². The first-order chi connectivity index (χ1) is 19.8. The monoisotopic (exact) mass is 538 g/mol. The van der Waals surface area contributed by atoms with Gasteiger partial charge in [0.1, 0.15) is 24.4 Å². The van der Waals surface area contributed by atoms with Gasteiger partial charge in [0.2, 0.25) is 0 Å². The highest BCUT2D eigenvalue weighted by atomic mass is 16.8.